The molecule has 1 aromatic rings. The van der Waals surface area contributed by atoms with Gasteiger partial charge in [-0.1, -0.05) is 0 Å². The van der Waals surface area contributed by atoms with Crippen LogP contribution in [-0.2, 0) is 0 Å². The van der Waals surface area contributed by atoms with Gasteiger partial charge >= 0.3 is 0 Å². The van der Waals surface area contributed by atoms with Crippen LogP contribution in [0.2, 0.25) is 0 Å². The molecule has 0 fully saturated rings. The fourth-order valence-electron chi connectivity index (χ4n) is 0.921. The fourth-order valence-corrected chi connectivity index (χ4v) is 1.13. The van der Waals surface area contributed by atoms with Crippen molar-refractivity contribution in [2.45, 2.75) is 0 Å². The summed E-state index contributed by atoms with van der Waals surface area (Å²) >= 11 is 3.15. The number of hydrogen-bond donors (Lipinski definition) is 1. The molecule has 0 aliphatic rings. The predicted octanol–water partition coefficient (Wildman–Crippen LogP) is 0.530. The second-order valence-electron chi connectivity index (χ2n) is 3.30. The van der Waals surface area contributed by atoms with Crippen LogP contribution in [0.4, 0.5) is 0 Å². The minimum atomic E-state index is -0.197. The summed E-state index contributed by atoms with van der Waals surface area (Å²) in [6.45, 7) is 1.40. The maximum Gasteiger partial charge on any atom is 0.271 e. The molecule has 82 valence electrons. The van der Waals surface area contributed by atoms with Crippen LogP contribution in [0.15, 0.2) is 16.7 Å². The zero-order chi connectivity index (χ0) is 11.3. The van der Waals surface area contributed by atoms with Crippen LogP contribution >= 0.6 is 15.9 Å². The van der Waals surface area contributed by atoms with Gasteiger partial charge in [0.15, 0.2) is 5.69 Å². The van der Waals surface area contributed by atoms with Crippen molar-refractivity contribution < 1.29 is 4.79 Å². The SMILES string of the molecule is CN(C)CCNC(=O)c1ccc([76Br])nn1. The third-order valence-electron chi connectivity index (χ3n) is 1.71. The summed E-state index contributed by atoms with van der Waals surface area (Å²) in [7, 11) is 3.90. The first-order chi connectivity index (χ1) is 7.09. The number of halogens is 1. The minimum Gasteiger partial charge on any atom is -0.349 e. The van der Waals surface area contributed by atoms with E-state index in [1.165, 1.54) is 0 Å². The molecule has 1 heterocycles. The lowest BCUT2D eigenvalue weighted by molar-refractivity contribution is 0.0945. The molecule has 1 rings (SSSR count). The molecule has 0 radical (unpaired) electrons. The molecule has 15 heavy (non-hydrogen) atoms. The minimum absolute atomic E-state index is 0.197. The van der Waals surface area contributed by atoms with Gasteiger partial charge in [0.05, 0.1) is 0 Å². The van der Waals surface area contributed by atoms with Crippen molar-refractivity contribution >= 4 is 21.8 Å². The zero-order valence-electron chi connectivity index (χ0n) is 8.70. The molecule has 0 unspecified atom stereocenters. The number of nitrogens with zero attached hydrogens (tertiary/aromatic N) is 3. The van der Waals surface area contributed by atoms with Crippen LogP contribution < -0.4 is 5.32 Å². The highest BCUT2D eigenvalue weighted by Crippen LogP contribution is 2.02. The van der Waals surface area contributed by atoms with Crippen molar-refractivity contribution in [1.29, 1.82) is 0 Å². The van der Waals surface area contributed by atoms with Gasteiger partial charge in [-0.15, -0.1) is 10.2 Å². The third-order valence-corrected chi connectivity index (χ3v) is 2.13. The molecule has 0 saturated carbocycles. The van der Waals surface area contributed by atoms with E-state index in [0.717, 1.165) is 6.54 Å². The number of carbonyl (C=O) groups excluding carboxylic acids is 1. The number of aromatic nitrogens is 2. The highest BCUT2D eigenvalue weighted by molar-refractivity contribution is 9.10. The molecular formula is C9H13BrN4O. The summed E-state index contributed by atoms with van der Waals surface area (Å²) in [5.41, 5.74) is 0.331. The van der Waals surface area contributed by atoms with Gasteiger partial charge in [0.2, 0.25) is 0 Å². The van der Waals surface area contributed by atoms with Crippen molar-refractivity contribution in [1.82, 2.24) is 20.4 Å². The topological polar surface area (TPSA) is 58.1 Å². The Hall–Kier alpha value is -1.01. The summed E-state index contributed by atoms with van der Waals surface area (Å²) in [5.74, 6) is -0.197. The number of hydrogen-bond acceptors (Lipinski definition) is 4. The van der Waals surface area contributed by atoms with E-state index >= 15 is 0 Å². The zero-order valence-corrected chi connectivity index (χ0v) is 10.3. The molecule has 1 amide bonds. The molecule has 5 nitrogen and oxygen atoms in total. The van der Waals surface area contributed by atoms with Crippen LogP contribution in [-0.4, -0.2) is 48.2 Å². The Balaban J connectivity index is 2.43. The molecule has 0 atom stereocenters. The van der Waals surface area contributed by atoms with Crippen LogP contribution in [0.5, 0.6) is 0 Å². The van der Waals surface area contributed by atoms with Crippen molar-refractivity contribution in [2.75, 3.05) is 27.2 Å². The molecule has 0 spiro atoms. The molecule has 6 heteroatoms. The van der Waals surface area contributed by atoms with Crippen molar-refractivity contribution in [3.05, 3.63) is 22.4 Å². The summed E-state index contributed by atoms with van der Waals surface area (Å²) in [6, 6.07) is 3.32. The van der Waals surface area contributed by atoms with Crippen molar-refractivity contribution in [3.63, 3.8) is 0 Å². The van der Waals surface area contributed by atoms with Crippen LogP contribution in [0.1, 0.15) is 10.5 Å². The Labute approximate surface area is 97.0 Å². The quantitative estimate of drug-likeness (QED) is 0.866. The van der Waals surface area contributed by atoms with Gasteiger partial charge in [-0.05, 0) is 42.2 Å². The molecule has 0 aromatic carbocycles. The Morgan fingerprint density at radius 3 is 2.73 bits per heavy atom. The normalized spacial score (nSPS) is 10.4. The van der Waals surface area contributed by atoms with Gasteiger partial charge in [-0.2, -0.15) is 0 Å². The van der Waals surface area contributed by atoms with E-state index in [0.29, 0.717) is 16.8 Å². The third kappa shape index (κ3) is 4.35. The van der Waals surface area contributed by atoms with E-state index in [-0.39, 0.29) is 5.91 Å². The summed E-state index contributed by atoms with van der Waals surface area (Å²) in [6.07, 6.45) is 0. The smallest absolute Gasteiger partial charge is 0.271 e. The number of amides is 1. The van der Waals surface area contributed by atoms with Gasteiger partial charge < -0.3 is 10.2 Å². The lowest BCUT2D eigenvalue weighted by Crippen LogP contribution is -2.31. The number of likely N-dealkylation sites (N-methyl/N-ethyl adjacent to an activating group) is 1. The molecule has 1 N–H and O–H groups in total. The molecule has 1 aromatic heterocycles. The monoisotopic (exact) mass is 269 g/mol. The molecular weight excluding hydrogens is 256 g/mol. The first-order valence-electron chi connectivity index (χ1n) is 4.52. The summed E-state index contributed by atoms with van der Waals surface area (Å²) in [5, 5.41) is 10.2. The lowest BCUT2D eigenvalue weighted by atomic mass is 10.3. The maximum absolute atomic E-state index is 11.5. The largest absolute Gasteiger partial charge is 0.349 e. The van der Waals surface area contributed by atoms with Gasteiger partial charge in [0, 0.05) is 13.1 Å². The summed E-state index contributed by atoms with van der Waals surface area (Å²) < 4.78 is 0.618. The second kappa shape index (κ2) is 5.77. The highest BCUT2D eigenvalue weighted by atomic mass is 75.9. The van der Waals surface area contributed by atoms with E-state index in [1.54, 1.807) is 12.1 Å². The number of rotatable bonds is 4. The van der Waals surface area contributed by atoms with Gasteiger partial charge in [0.1, 0.15) is 4.60 Å². The van der Waals surface area contributed by atoms with E-state index < -0.39 is 0 Å². The average molecular weight is 269 g/mol. The van der Waals surface area contributed by atoms with E-state index in [4.69, 9.17) is 0 Å². The van der Waals surface area contributed by atoms with E-state index in [9.17, 15) is 4.79 Å². The van der Waals surface area contributed by atoms with Crippen LogP contribution in [0.25, 0.3) is 0 Å². The maximum atomic E-state index is 11.5. The molecule has 0 bridgehead atoms. The Morgan fingerprint density at radius 1 is 1.47 bits per heavy atom. The average Bonchev–Trinajstić information content (AvgIpc) is 2.18. The van der Waals surface area contributed by atoms with Crippen LogP contribution in [0.3, 0.4) is 0 Å². The van der Waals surface area contributed by atoms with Crippen molar-refractivity contribution in [3.8, 4) is 0 Å². The van der Waals surface area contributed by atoms with Crippen molar-refractivity contribution in [2.24, 2.45) is 0 Å². The molecule has 0 aliphatic heterocycles. The lowest BCUT2D eigenvalue weighted by Gasteiger charge is -2.09. The molecule has 0 aliphatic carbocycles. The van der Waals surface area contributed by atoms with Gasteiger partial charge in [0.25, 0.3) is 5.91 Å². The van der Waals surface area contributed by atoms with Crippen LogP contribution in [0, 0.1) is 0 Å². The summed E-state index contributed by atoms with van der Waals surface area (Å²) in [4.78, 5) is 13.5. The predicted molar refractivity (Wildman–Crippen MR) is 60.6 cm³/mol. The number of nitrogens with one attached hydrogen (secondary N) is 1. The Kier molecular flexibility index (Phi) is 4.64. The molecule has 0 saturated heterocycles. The van der Waals surface area contributed by atoms with E-state index in [2.05, 4.69) is 31.4 Å². The fraction of sp³-hybridized carbons (Fsp3) is 0.444. The first kappa shape index (κ1) is 12.1. The van der Waals surface area contributed by atoms with Gasteiger partial charge in [-0.25, -0.2) is 0 Å². The van der Waals surface area contributed by atoms with Gasteiger partial charge in [-0.3, -0.25) is 4.79 Å². The first-order valence-corrected chi connectivity index (χ1v) is 5.31. The second-order valence-corrected chi connectivity index (χ2v) is 4.11. The van der Waals surface area contributed by atoms with E-state index in [1.807, 2.05) is 19.0 Å². The Morgan fingerprint density at radius 2 is 2.20 bits per heavy atom. The highest BCUT2D eigenvalue weighted by Gasteiger charge is 2.06. The Bertz CT molecular complexity index is 325. The number of carbonyl (C=O) groups is 1. The standard InChI is InChI=1S/C9H13BrN4O/c1-14(2)6-5-11-9(15)7-3-4-8(10)13-12-7/h3-4H,5-6H2,1-2H3,(H,11,15)/i10-4.